The molecule has 6 heteroatoms. The van der Waals surface area contributed by atoms with Crippen molar-refractivity contribution in [1.82, 2.24) is 15.5 Å². The molecule has 148 valence electrons. The van der Waals surface area contributed by atoms with Gasteiger partial charge < -0.3 is 20.6 Å². The van der Waals surface area contributed by atoms with E-state index in [-0.39, 0.29) is 11.6 Å². The maximum Gasteiger partial charge on any atom is 0.335 e. The summed E-state index contributed by atoms with van der Waals surface area (Å²) in [5.41, 5.74) is 1.75. The predicted octanol–water partition coefficient (Wildman–Crippen LogP) is 3.23. The first kappa shape index (κ1) is 19.7. The Bertz CT molecular complexity index is 629. The zero-order chi connectivity index (χ0) is 19.1. The number of benzene rings is 1. The Morgan fingerprint density at radius 2 is 1.63 bits per heavy atom. The standard InChI is InChI=1S/C21H31N3O3/c25-19(26)18-6-4-17(5-7-18)16-23-20(27)22-12-15-24-13-10-21(11-14-24)8-2-1-3-9-21/h4-7H,1-3,8-16H2,(H,25,26)(H2,22,23,27). The molecule has 1 saturated heterocycles. The van der Waals surface area contributed by atoms with Gasteiger partial charge in [0.05, 0.1) is 5.56 Å². The van der Waals surface area contributed by atoms with Crippen LogP contribution in [0.1, 0.15) is 60.9 Å². The summed E-state index contributed by atoms with van der Waals surface area (Å²) in [5.74, 6) is -0.945. The quantitative estimate of drug-likeness (QED) is 0.715. The van der Waals surface area contributed by atoms with Crippen LogP contribution in [0.2, 0.25) is 0 Å². The predicted molar refractivity (Wildman–Crippen MR) is 105 cm³/mol. The van der Waals surface area contributed by atoms with E-state index >= 15 is 0 Å². The summed E-state index contributed by atoms with van der Waals surface area (Å²) in [6.45, 7) is 4.24. The van der Waals surface area contributed by atoms with E-state index in [1.165, 1.54) is 44.9 Å². The molecule has 0 aromatic heterocycles. The summed E-state index contributed by atoms with van der Waals surface area (Å²) < 4.78 is 0. The molecule has 2 aliphatic rings. The Kier molecular flexibility index (Phi) is 6.72. The van der Waals surface area contributed by atoms with Gasteiger partial charge in [-0.1, -0.05) is 31.4 Å². The van der Waals surface area contributed by atoms with Crippen molar-refractivity contribution in [2.24, 2.45) is 5.41 Å². The SMILES string of the molecule is O=C(NCCN1CCC2(CCCCC2)CC1)NCc1ccc(C(=O)O)cc1. The highest BCUT2D eigenvalue weighted by atomic mass is 16.4. The molecule has 0 radical (unpaired) electrons. The number of hydrogen-bond donors (Lipinski definition) is 3. The summed E-state index contributed by atoms with van der Waals surface area (Å²) in [7, 11) is 0. The van der Waals surface area contributed by atoms with Gasteiger partial charge in [0.25, 0.3) is 0 Å². The van der Waals surface area contributed by atoms with Crippen LogP contribution in [0.4, 0.5) is 4.79 Å². The summed E-state index contributed by atoms with van der Waals surface area (Å²) >= 11 is 0. The van der Waals surface area contributed by atoms with Gasteiger partial charge in [-0.15, -0.1) is 0 Å². The normalized spacial score (nSPS) is 19.6. The molecule has 3 N–H and O–H groups in total. The first-order chi connectivity index (χ1) is 13.1. The third kappa shape index (κ3) is 5.70. The van der Waals surface area contributed by atoms with Gasteiger partial charge in [0, 0.05) is 19.6 Å². The Balaban J connectivity index is 1.30. The first-order valence-corrected chi connectivity index (χ1v) is 10.1. The van der Waals surface area contributed by atoms with Crippen LogP contribution in [0, 0.1) is 5.41 Å². The highest BCUT2D eigenvalue weighted by Gasteiger charge is 2.35. The minimum Gasteiger partial charge on any atom is -0.478 e. The van der Waals surface area contributed by atoms with Gasteiger partial charge >= 0.3 is 12.0 Å². The Labute approximate surface area is 161 Å². The number of carbonyl (C=O) groups is 2. The van der Waals surface area contributed by atoms with Gasteiger partial charge in [0.1, 0.15) is 0 Å². The fourth-order valence-electron chi connectivity index (χ4n) is 4.39. The number of amides is 2. The lowest BCUT2D eigenvalue weighted by Crippen LogP contribution is -2.45. The number of carbonyl (C=O) groups excluding carboxylic acids is 1. The van der Waals surface area contributed by atoms with Crippen LogP contribution in [0.25, 0.3) is 0 Å². The number of carboxylic acids is 1. The van der Waals surface area contributed by atoms with Crippen molar-refractivity contribution in [3.05, 3.63) is 35.4 Å². The number of aromatic carboxylic acids is 1. The number of nitrogens with zero attached hydrogens (tertiary/aromatic N) is 1. The van der Waals surface area contributed by atoms with Crippen LogP contribution < -0.4 is 10.6 Å². The zero-order valence-electron chi connectivity index (χ0n) is 16.0. The molecule has 1 aromatic carbocycles. The minimum atomic E-state index is -0.945. The van der Waals surface area contributed by atoms with Crippen LogP contribution >= 0.6 is 0 Å². The second-order valence-electron chi connectivity index (χ2n) is 8.01. The number of urea groups is 1. The molecular formula is C21H31N3O3. The van der Waals surface area contributed by atoms with Crippen molar-refractivity contribution >= 4 is 12.0 Å². The molecule has 2 fully saturated rings. The van der Waals surface area contributed by atoms with E-state index in [1.54, 1.807) is 24.3 Å². The van der Waals surface area contributed by atoms with Crippen LogP contribution in [0.3, 0.4) is 0 Å². The Morgan fingerprint density at radius 1 is 0.963 bits per heavy atom. The second kappa shape index (κ2) is 9.22. The second-order valence-corrected chi connectivity index (χ2v) is 8.01. The first-order valence-electron chi connectivity index (χ1n) is 10.1. The molecule has 6 nitrogen and oxygen atoms in total. The number of nitrogens with one attached hydrogen (secondary N) is 2. The number of carboxylic acid groups (broad SMARTS) is 1. The lowest BCUT2D eigenvalue weighted by Gasteiger charge is -2.44. The molecule has 0 unspecified atom stereocenters. The molecule has 1 aromatic rings. The number of hydrogen-bond acceptors (Lipinski definition) is 3. The van der Waals surface area contributed by atoms with Crippen molar-refractivity contribution < 1.29 is 14.7 Å². The zero-order valence-corrected chi connectivity index (χ0v) is 16.0. The van der Waals surface area contributed by atoms with Crippen molar-refractivity contribution in [2.45, 2.75) is 51.5 Å². The number of piperidine rings is 1. The van der Waals surface area contributed by atoms with Crippen molar-refractivity contribution in [2.75, 3.05) is 26.2 Å². The summed E-state index contributed by atoms with van der Waals surface area (Å²) in [5, 5.41) is 14.6. The third-order valence-corrected chi connectivity index (χ3v) is 6.20. The molecule has 2 amide bonds. The maximum atomic E-state index is 11.9. The molecule has 1 spiro atoms. The van der Waals surface area contributed by atoms with Crippen molar-refractivity contribution in [3.8, 4) is 0 Å². The molecule has 3 rings (SSSR count). The van der Waals surface area contributed by atoms with Gasteiger partial charge in [-0.2, -0.15) is 0 Å². The molecule has 1 aliphatic carbocycles. The maximum absolute atomic E-state index is 11.9. The molecule has 1 saturated carbocycles. The minimum absolute atomic E-state index is 0.182. The third-order valence-electron chi connectivity index (χ3n) is 6.20. The smallest absolute Gasteiger partial charge is 0.335 e. The van der Waals surface area contributed by atoms with Gasteiger partial charge in [-0.3, -0.25) is 0 Å². The average molecular weight is 373 g/mol. The molecule has 0 atom stereocenters. The summed E-state index contributed by atoms with van der Waals surface area (Å²) in [4.78, 5) is 25.2. The number of rotatable bonds is 6. The van der Waals surface area contributed by atoms with Gasteiger partial charge in [0.2, 0.25) is 0 Å². The Morgan fingerprint density at radius 3 is 2.26 bits per heavy atom. The summed E-state index contributed by atoms with van der Waals surface area (Å²) in [6, 6.07) is 6.36. The van der Waals surface area contributed by atoms with Crippen LogP contribution in [-0.2, 0) is 6.54 Å². The average Bonchev–Trinajstić information content (AvgIpc) is 2.69. The van der Waals surface area contributed by atoms with E-state index in [0.29, 0.717) is 18.5 Å². The highest BCUT2D eigenvalue weighted by molar-refractivity contribution is 5.87. The van der Waals surface area contributed by atoms with Crippen molar-refractivity contribution in [1.29, 1.82) is 0 Å². The monoisotopic (exact) mass is 373 g/mol. The summed E-state index contributed by atoms with van der Waals surface area (Å²) in [6.07, 6.45) is 9.66. The molecule has 0 bridgehead atoms. The van der Waals surface area contributed by atoms with E-state index in [9.17, 15) is 9.59 Å². The lowest BCUT2D eigenvalue weighted by molar-refractivity contribution is 0.0686. The van der Waals surface area contributed by atoms with Crippen LogP contribution in [-0.4, -0.2) is 48.2 Å². The fraction of sp³-hybridized carbons (Fsp3) is 0.619. The molecule has 1 aliphatic heterocycles. The van der Waals surface area contributed by atoms with E-state index in [4.69, 9.17) is 5.11 Å². The van der Waals surface area contributed by atoms with Crippen LogP contribution in [0.15, 0.2) is 24.3 Å². The van der Waals surface area contributed by atoms with E-state index in [1.807, 2.05) is 0 Å². The van der Waals surface area contributed by atoms with Gasteiger partial charge in [-0.25, -0.2) is 9.59 Å². The molecule has 27 heavy (non-hydrogen) atoms. The largest absolute Gasteiger partial charge is 0.478 e. The lowest BCUT2D eigenvalue weighted by atomic mass is 9.68. The Hall–Kier alpha value is -2.08. The van der Waals surface area contributed by atoms with E-state index < -0.39 is 5.97 Å². The van der Waals surface area contributed by atoms with E-state index in [0.717, 1.165) is 25.2 Å². The molecular weight excluding hydrogens is 342 g/mol. The molecule has 1 heterocycles. The fourth-order valence-corrected chi connectivity index (χ4v) is 4.39. The number of likely N-dealkylation sites (tertiary alicyclic amines) is 1. The van der Waals surface area contributed by atoms with Gasteiger partial charge in [-0.05, 0) is 61.9 Å². The van der Waals surface area contributed by atoms with E-state index in [2.05, 4.69) is 15.5 Å². The van der Waals surface area contributed by atoms with Gasteiger partial charge in [0.15, 0.2) is 0 Å². The highest BCUT2D eigenvalue weighted by Crippen LogP contribution is 2.44. The topological polar surface area (TPSA) is 81.7 Å². The van der Waals surface area contributed by atoms with Crippen LogP contribution in [0.5, 0.6) is 0 Å². The van der Waals surface area contributed by atoms with Crippen molar-refractivity contribution in [3.63, 3.8) is 0 Å².